The van der Waals surface area contributed by atoms with E-state index in [0.29, 0.717) is 18.2 Å². The van der Waals surface area contributed by atoms with E-state index in [-0.39, 0.29) is 11.9 Å². The molecule has 1 atom stereocenters. The molecule has 1 aromatic rings. The van der Waals surface area contributed by atoms with Crippen molar-refractivity contribution in [1.29, 1.82) is 0 Å². The zero-order chi connectivity index (χ0) is 11.3. The van der Waals surface area contributed by atoms with Gasteiger partial charge in [0.25, 0.3) is 0 Å². The van der Waals surface area contributed by atoms with Crippen LogP contribution in [0.3, 0.4) is 0 Å². The van der Waals surface area contributed by atoms with Crippen LogP contribution >= 0.6 is 11.6 Å². The molecule has 4 nitrogen and oxygen atoms in total. The molecule has 15 heavy (non-hydrogen) atoms. The average molecular weight is 229 g/mol. The second-order valence-corrected chi connectivity index (χ2v) is 3.59. The topological polar surface area (TPSA) is 52.1 Å². The zero-order valence-electron chi connectivity index (χ0n) is 8.74. The maximum Gasteiger partial charge on any atom is 0.309 e. The molecular formula is C10H13ClN2O2. The Morgan fingerprint density at radius 2 is 2.27 bits per heavy atom. The van der Waals surface area contributed by atoms with Crippen molar-refractivity contribution in [3.05, 3.63) is 23.0 Å². The van der Waals surface area contributed by atoms with Crippen LogP contribution in [0.25, 0.3) is 0 Å². The molecule has 0 aliphatic rings. The predicted octanol–water partition coefficient (Wildman–Crippen LogP) is 1.87. The van der Waals surface area contributed by atoms with Crippen LogP contribution in [0.5, 0.6) is 0 Å². The van der Waals surface area contributed by atoms with Gasteiger partial charge in [-0.3, -0.25) is 4.79 Å². The molecule has 1 aromatic heterocycles. The molecule has 0 radical (unpaired) electrons. The van der Waals surface area contributed by atoms with E-state index >= 15 is 0 Å². The number of hydrogen-bond acceptors (Lipinski definition) is 4. The van der Waals surface area contributed by atoms with Gasteiger partial charge in [-0.1, -0.05) is 18.5 Å². The first kappa shape index (κ1) is 11.9. The number of ether oxygens (including phenoxy) is 1. The molecule has 82 valence electrons. The Kier molecular flexibility index (Phi) is 4.49. The van der Waals surface area contributed by atoms with Crippen molar-refractivity contribution < 1.29 is 9.53 Å². The Morgan fingerprint density at radius 3 is 2.80 bits per heavy atom. The lowest BCUT2D eigenvalue weighted by Gasteiger charge is -2.08. The molecule has 0 fully saturated rings. The Balaban J connectivity index is 2.54. The quantitative estimate of drug-likeness (QED) is 0.739. The molecule has 0 aromatic carbocycles. The van der Waals surface area contributed by atoms with Crippen molar-refractivity contribution >= 4 is 17.6 Å². The molecule has 0 saturated carbocycles. The van der Waals surface area contributed by atoms with E-state index in [2.05, 4.69) is 10.2 Å². The lowest BCUT2D eigenvalue weighted by molar-refractivity contribution is -0.147. The van der Waals surface area contributed by atoms with Gasteiger partial charge in [-0.25, -0.2) is 0 Å². The van der Waals surface area contributed by atoms with E-state index in [0.717, 1.165) is 5.69 Å². The Morgan fingerprint density at radius 1 is 1.53 bits per heavy atom. The van der Waals surface area contributed by atoms with Crippen LogP contribution in [0.1, 0.15) is 19.5 Å². The number of carbonyl (C=O) groups is 1. The number of halogens is 1. The third-order valence-corrected chi connectivity index (χ3v) is 2.09. The number of rotatable bonds is 4. The van der Waals surface area contributed by atoms with Crippen LogP contribution in [0.15, 0.2) is 12.1 Å². The van der Waals surface area contributed by atoms with Crippen molar-refractivity contribution in [3.63, 3.8) is 0 Å². The molecule has 0 bridgehead atoms. The molecule has 0 N–H and O–H groups in total. The van der Waals surface area contributed by atoms with E-state index in [1.807, 2.05) is 0 Å². The summed E-state index contributed by atoms with van der Waals surface area (Å²) in [5.74, 6) is -0.422. The zero-order valence-corrected chi connectivity index (χ0v) is 9.49. The molecule has 0 amide bonds. The highest BCUT2D eigenvalue weighted by molar-refractivity contribution is 6.29. The molecule has 1 heterocycles. The minimum Gasteiger partial charge on any atom is -0.466 e. The van der Waals surface area contributed by atoms with Crippen LogP contribution in [0, 0.1) is 5.92 Å². The summed E-state index contributed by atoms with van der Waals surface area (Å²) in [7, 11) is 0. The van der Waals surface area contributed by atoms with E-state index in [9.17, 15) is 4.79 Å². The van der Waals surface area contributed by atoms with Crippen LogP contribution in [0.4, 0.5) is 0 Å². The van der Waals surface area contributed by atoms with Gasteiger partial charge in [-0.05, 0) is 19.1 Å². The van der Waals surface area contributed by atoms with Crippen molar-refractivity contribution in [3.8, 4) is 0 Å². The van der Waals surface area contributed by atoms with Crippen LogP contribution in [0.2, 0.25) is 5.15 Å². The molecule has 1 unspecified atom stereocenters. The van der Waals surface area contributed by atoms with Gasteiger partial charge in [0, 0.05) is 6.42 Å². The van der Waals surface area contributed by atoms with Gasteiger partial charge in [-0.2, -0.15) is 5.10 Å². The van der Waals surface area contributed by atoms with Gasteiger partial charge >= 0.3 is 5.97 Å². The van der Waals surface area contributed by atoms with Crippen molar-refractivity contribution in [2.75, 3.05) is 6.61 Å². The van der Waals surface area contributed by atoms with E-state index in [1.165, 1.54) is 0 Å². The third kappa shape index (κ3) is 3.83. The molecule has 0 saturated heterocycles. The summed E-state index contributed by atoms with van der Waals surface area (Å²) in [4.78, 5) is 11.3. The number of carbonyl (C=O) groups excluding carboxylic acids is 1. The van der Waals surface area contributed by atoms with Crippen LogP contribution in [-0.2, 0) is 16.0 Å². The van der Waals surface area contributed by atoms with E-state index in [4.69, 9.17) is 16.3 Å². The fraction of sp³-hybridized carbons (Fsp3) is 0.500. The van der Waals surface area contributed by atoms with Crippen molar-refractivity contribution in [2.24, 2.45) is 5.92 Å². The number of nitrogens with zero attached hydrogens (tertiary/aromatic N) is 2. The summed E-state index contributed by atoms with van der Waals surface area (Å²) >= 11 is 5.60. The Bertz CT molecular complexity index is 327. The monoisotopic (exact) mass is 228 g/mol. The molecular weight excluding hydrogens is 216 g/mol. The van der Waals surface area contributed by atoms with E-state index in [1.54, 1.807) is 26.0 Å². The number of hydrogen-bond donors (Lipinski definition) is 0. The van der Waals surface area contributed by atoms with Crippen LogP contribution in [-0.4, -0.2) is 22.8 Å². The minimum absolute atomic E-state index is 0.208. The normalized spacial score (nSPS) is 12.2. The fourth-order valence-corrected chi connectivity index (χ4v) is 1.23. The van der Waals surface area contributed by atoms with Gasteiger partial charge < -0.3 is 4.74 Å². The summed E-state index contributed by atoms with van der Waals surface area (Å²) in [6.07, 6.45) is 0.517. The van der Waals surface area contributed by atoms with Gasteiger partial charge in [-0.15, -0.1) is 5.10 Å². The fourth-order valence-electron chi connectivity index (χ4n) is 1.13. The second kappa shape index (κ2) is 5.66. The molecule has 0 aliphatic heterocycles. The first-order valence-electron chi connectivity index (χ1n) is 4.78. The summed E-state index contributed by atoms with van der Waals surface area (Å²) in [5.41, 5.74) is 0.736. The lowest BCUT2D eigenvalue weighted by Crippen LogP contribution is -2.17. The summed E-state index contributed by atoms with van der Waals surface area (Å²) in [5, 5.41) is 7.92. The number of aromatic nitrogens is 2. The Hall–Kier alpha value is -1.16. The van der Waals surface area contributed by atoms with Crippen LogP contribution < -0.4 is 0 Å². The smallest absolute Gasteiger partial charge is 0.309 e. The summed E-state index contributed by atoms with van der Waals surface area (Å²) in [6.45, 7) is 3.98. The minimum atomic E-state index is -0.214. The average Bonchev–Trinajstić information content (AvgIpc) is 2.22. The summed E-state index contributed by atoms with van der Waals surface area (Å²) < 4.78 is 4.89. The summed E-state index contributed by atoms with van der Waals surface area (Å²) in [6, 6.07) is 3.41. The highest BCUT2D eigenvalue weighted by atomic mass is 35.5. The largest absolute Gasteiger partial charge is 0.466 e. The predicted molar refractivity (Wildman–Crippen MR) is 56.5 cm³/mol. The first-order chi connectivity index (χ1) is 7.13. The maximum atomic E-state index is 11.3. The van der Waals surface area contributed by atoms with Crippen molar-refractivity contribution in [2.45, 2.75) is 20.3 Å². The molecule has 0 spiro atoms. The first-order valence-corrected chi connectivity index (χ1v) is 5.16. The van der Waals surface area contributed by atoms with Gasteiger partial charge in [0.05, 0.1) is 18.2 Å². The standard InChI is InChI=1S/C10H13ClN2O2/c1-3-15-10(14)7(2)6-8-4-5-9(11)13-12-8/h4-5,7H,3,6H2,1-2H3. The number of esters is 1. The SMILES string of the molecule is CCOC(=O)C(C)Cc1ccc(Cl)nn1. The van der Waals surface area contributed by atoms with Gasteiger partial charge in [0.1, 0.15) is 0 Å². The molecule has 1 rings (SSSR count). The van der Waals surface area contributed by atoms with Crippen molar-refractivity contribution in [1.82, 2.24) is 10.2 Å². The molecule has 5 heteroatoms. The molecule has 0 aliphatic carbocycles. The lowest BCUT2D eigenvalue weighted by atomic mass is 10.1. The Labute approximate surface area is 93.6 Å². The van der Waals surface area contributed by atoms with Gasteiger partial charge in [0.15, 0.2) is 5.15 Å². The second-order valence-electron chi connectivity index (χ2n) is 3.20. The highest BCUT2D eigenvalue weighted by Crippen LogP contribution is 2.09. The van der Waals surface area contributed by atoms with Gasteiger partial charge in [0.2, 0.25) is 0 Å². The maximum absolute atomic E-state index is 11.3. The third-order valence-electron chi connectivity index (χ3n) is 1.89. The van der Waals surface area contributed by atoms with E-state index < -0.39 is 0 Å². The highest BCUT2D eigenvalue weighted by Gasteiger charge is 2.15.